The summed E-state index contributed by atoms with van der Waals surface area (Å²) in [5.41, 5.74) is 0. The van der Waals surface area contributed by atoms with Gasteiger partial charge in [0.15, 0.2) is 0 Å². The van der Waals surface area contributed by atoms with Crippen LogP contribution in [0.3, 0.4) is 0 Å². The maximum absolute atomic E-state index is 13.4. The molecule has 16 atom stereocenters. The van der Waals surface area contributed by atoms with E-state index in [2.05, 4.69) is 0 Å². The Kier molecular flexibility index (Phi) is 16.3. The molecule has 5 saturated heterocycles. The second-order valence-corrected chi connectivity index (χ2v) is 17.2. The van der Waals surface area contributed by atoms with E-state index >= 15 is 0 Å². The molecule has 0 unspecified atom stereocenters. The van der Waals surface area contributed by atoms with Gasteiger partial charge in [-0.3, -0.25) is 19.2 Å². The number of rotatable bonds is 3. The summed E-state index contributed by atoms with van der Waals surface area (Å²) in [7, 11) is 0. The average molecular weight is 779 g/mol. The van der Waals surface area contributed by atoms with Crippen LogP contribution in [-0.2, 0) is 57.1 Å². The Hall–Kier alpha value is -2.28. The predicted molar refractivity (Wildman–Crippen MR) is 203 cm³/mol. The van der Waals surface area contributed by atoms with E-state index in [0.717, 1.165) is 51.4 Å². The van der Waals surface area contributed by atoms with Crippen molar-refractivity contribution in [3.05, 3.63) is 0 Å². The Morgan fingerprint density at radius 3 is 0.909 bits per heavy atom. The Labute approximate surface area is 329 Å². The number of carbonyl (C=O) groups is 4. The van der Waals surface area contributed by atoms with Gasteiger partial charge in [-0.05, 0) is 105 Å². The second kappa shape index (κ2) is 20.4. The van der Waals surface area contributed by atoms with Crippen molar-refractivity contribution in [2.75, 3.05) is 0 Å². The fourth-order valence-electron chi connectivity index (χ4n) is 9.02. The molecular formula is C43H70O12. The van der Waals surface area contributed by atoms with Crippen molar-refractivity contribution < 1.29 is 57.1 Å². The summed E-state index contributed by atoms with van der Waals surface area (Å²) in [5.74, 6) is -2.86. The monoisotopic (exact) mass is 778 g/mol. The molecule has 0 radical (unpaired) electrons. The molecule has 0 N–H and O–H groups in total. The Morgan fingerprint density at radius 1 is 0.382 bits per heavy atom. The Morgan fingerprint density at radius 2 is 0.636 bits per heavy atom. The first-order chi connectivity index (χ1) is 26.3. The van der Waals surface area contributed by atoms with Crippen molar-refractivity contribution in [2.24, 2.45) is 23.7 Å². The zero-order valence-corrected chi connectivity index (χ0v) is 34.7. The minimum atomic E-state index is -0.435. The zero-order valence-electron chi connectivity index (χ0n) is 34.7. The van der Waals surface area contributed by atoms with Gasteiger partial charge in [0.1, 0.15) is 24.4 Å². The lowest BCUT2D eigenvalue weighted by Gasteiger charge is -2.27. The number of fused-ring (bicyclic) bond motifs is 8. The van der Waals surface area contributed by atoms with Gasteiger partial charge < -0.3 is 37.9 Å². The summed E-state index contributed by atoms with van der Waals surface area (Å²) >= 11 is 0. The molecule has 12 nitrogen and oxygen atoms in total. The van der Waals surface area contributed by atoms with E-state index in [-0.39, 0.29) is 97.1 Å². The normalized spacial score (nSPS) is 43.4. The quantitative estimate of drug-likeness (QED) is 0.211. The molecule has 0 aliphatic carbocycles. The van der Waals surface area contributed by atoms with Crippen LogP contribution in [0.1, 0.15) is 152 Å². The van der Waals surface area contributed by atoms with Gasteiger partial charge in [-0.1, -0.05) is 20.8 Å². The lowest BCUT2D eigenvalue weighted by Crippen LogP contribution is -2.34. The van der Waals surface area contributed by atoms with E-state index < -0.39 is 23.7 Å². The molecule has 0 aromatic carbocycles. The highest BCUT2D eigenvalue weighted by molar-refractivity contribution is 5.74. The lowest BCUT2D eigenvalue weighted by molar-refractivity contribution is -0.162. The van der Waals surface area contributed by atoms with Crippen LogP contribution in [0.5, 0.6) is 0 Å². The molecule has 5 heterocycles. The molecular weight excluding hydrogens is 708 g/mol. The third-order valence-electron chi connectivity index (χ3n) is 13.0. The third-order valence-corrected chi connectivity index (χ3v) is 13.0. The van der Waals surface area contributed by atoms with E-state index in [1.54, 1.807) is 0 Å². The van der Waals surface area contributed by atoms with Crippen LogP contribution in [0.25, 0.3) is 0 Å². The molecule has 5 aliphatic heterocycles. The number of esters is 4. The third kappa shape index (κ3) is 11.9. The Bertz CT molecular complexity index is 1270. The molecule has 55 heavy (non-hydrogen) atoms. The van der Waals surface area contributed by atoms with Crippen LogP contribution in [-0.4, -0.2) is 97.1 Å². The van der Waals surface area contributed by atoms with Gasteiger partial charge in [0.05, 0.1) is 72.5 Å². The minimum absolute atomic E-state index is 0.116. The molecule has 5 aliphatic rings. The van der Waals surface area contributed by atoms with Crippen molar-refractivity contribution in [1.29, 1.82) is 0 Å². The highest BCUT2D eigenvalue weighted by atomic mass is 16.6. The standard InChI is InChI=1S/C43H70O12/c1-9-29-21-33-13-17-36(50-33)25(5)40(44)48-24(4)20-32-12-16-37(49-32)26(6)41(45)53-30(10-2)22-34-14-18-39(51-34)28(8)43(47)55-31(11-3)23-35-15-19-38(52-35)27(7)42(46)54-29/h24-39H,9-23H2,1-8H3/t24-,25-,26+,27+,28-,29+,30+,31-,32-,33+,34+,35+,36-,37+,38+,39-/m0/s1. The van der Waals surface area contributed by atoms with Crippen LogP contribution in [0.2, 0.25) is 0 Å². The summed E-state index contributed by atoms with van der Waals surface area (Å²) in [6, 6.07) is 0. The largest absolute Gasteiger partial charge is 0.462 e. The average Bonchev–Trinajstić information content (AvgIpc) is 4.01. The van der Waals surface area contributed by atoms with Crippen LogP contribution in [0.15, 0.2) is 0 Å². The topological polar surface area (TPSA) is 142 Å². The van der Waals surface area contributed by atoms with E-state index in [0.29, 0.717) is 44.9 Å². The fraction of sp³-hybridized carbons (Fsp3) is 0.907. The maximum Gasteiger partial charge on any atom is 0.311 e. The molecule has 12 heteroatoms. The van der Waals surface area contributed by atoms with Crippen molar-refractivity contribution >= 4 is 23.9 Å². The van der Waals surface area contributed by atoms with Gasteiger partial charge in [-0.2, -0.15) is 0 Å². The van der Waals surface area contributed by atoms with Gasteiger partial charge in [0.25, 0.3) is 0 Å². The maximum atomic E-state index is 13.4. The van der Waals surface area contributed by atoms with Crippen molar-refractivity contribution in [3.8, 4) is 0 Å². The van der Waals surface area contributed by atoms with Gasteiger partial charge in [-0.25, -0.2) is 0 Å². The molecule has 0 amide bonds. The summed E-state index contributed by atoms with van der Waals surface area (Å²) in [4.78, 5) is 53.2. The summed E-state index contributed by atoms with van der Waals surface area (Å²) in [6.45, 7) is 15.3. The highest BCUT2D eigenvalue weighted by Crippen LogP contribution is 2.35. The molecule has 5 fully saturated rings. The first-order valence-corrected chi connectivity index (χ1v) is 21.7. The molecule has 0 saturated carbocycles. The van der Waals surface area contributed by atoms with Gasteiger partial charge in [-0.15, -0.1) is 0 Å². The molecule has 5 rings (SSSR count). The SMILES string of the molecule is CC[C@H]1C[C@H]2CC[C@@H](O2)[C@@H](C)C(=O)O[C@H](CC)C[C@H]2CC[C@H](O2)[C@H](C)C(=O)O[C@@H](C)C[C@@H]2CC[C@@H](O2)[C@@H](C)C(=O)O[C@H](CC)C[C@H]2CC[C@H](O2)[C@H](C)C(=O)O1. The van der Waals surface area contributed by atoms with Crippen LogP contribution in [0, 0.1) is 23.7 Å². The van der Waals surface area contributed by atoms with E-state index in [9.17, 15) is 19.2 Å². The van der Waals surface area contributed by atoms with E-state index in [1.807, 2.05) is 55.4 Å². The summed E-state index contributed by atoms with van der Waals surface area (Å²) in [5, 5.41) is 0. The van der Waals surface area contributed by atoms with E-state index in [4.69, 9.17) is 37.9 Å². The first kappa shape index (κ1) is 43.8. The van der Waals surface area contributed by atoms with Gasteiger partial charge in [0, 0.05) is 25.7 Å². The van der Waals surface area contributed by atoms with Crippen molar-refractivity contribution in [1.82, 2.24) is 0 Å². The highest BCUT2D eigenvalue weighted by Gasteiger charge is 2.41. The van der Waals surface area contributed by atoms with Gasteiger partial charge >= 0.3 is 23.9 Å². The van der Waals surface area contributed by atoms with Crippen molar-refractivity contribution in [3.63, 3.8) is 0 Å². The number of cyclic esters (lactones) is 4. The summed E-state index contributed by atoms with van der Waals surface area (Å²) in [6.07, 6.45) is 7.47. The number of hydrogen-bond donors (Lipinski definition) is 0. The molecule has 0 aromatic heterocycles. The lowest BCUT2D eigenvalue weighted by atomic mass is 9.99. The Balaban J connectivity index is 1.23. The first-order valence-electron chi connectivity index (χ1n) is 21.7. The van der Waals surface area contributed by atoms with Crippen LogP contribution >= 0.6 is 0 Å². The number of ether oxygens (including phenoxy) is 8. The minimum Gasteiger partial charge on any atom is -0.462 e. The fourth-order valence-corrected chi connectivity index (χ4v) is 9.02. The molecule has 0 spiro atoms. The molecule has 8 bridgehead atoms. The predicted octanol–water partition coefficient (Wildman–Crippen LogP) is 7.19. The summed E-state index contributed by atoms with van der Waals surface area (Å²) < 4.78 is 49.3. The van der Waals surface area contributed by atoms with Crippen LogP contribution in [0.4, 0.5) is 0 Å². The second-order valence-electron chi connectivity index (χ2n) is 17.2. The van der Waals surface area contributed by atoms with E-state index in [1.165, 1.54) is 0 Å². The molecule has 0 aromatic rings. The molecule has 314 valence electrons. The number of hydrogen-bond acceptors (Lipinski definition) is 12. The van der Waals surface area contributed by atoms with Crippen LogP contribution < -0.4 is 0 Å². The van der Waals surface area contributed by atoms with Crippen molar-refractivity contribution in [2.45, 2.75) is 225 Å². The smallest absolute Gasteiger partial charge is 0.311 e. The van der Waals surface area contributed by atoms with Gasteiger partial charge in [0.2, 0.25) is 0 Å². The number of carbonyl (C=O) groups excluding carboxylic acids is 4. The zero-order chi connectivity index (χ0) is 39.8.